The van der Waals surface area contributed by atoms with Gasteiger partial charge in [-0.15, -0.1) is 0 Å². The Morgan fingerprint density at radius 3 is 2.75 bits per heavy atom. The Morgan fingerprint density at radius 2 is 1.95 bits per heavy atom. The standard InChI is InChI=1S/C17H19BrN2/c18-16-8-4-7-15(11-16)17-13-20(10-9-19-17)12-14-5-2-1-3-6-14/h1-8,11,17,19H,9-10,12-13H2/t17-/m0/s1. The fraction of sp³-hybridized carbons (Fsp3) is 0.294. The molecule has 1 N–H and O–H groups in total. The normalized spacial score (nSPS) is 19.9. The van der Waals surface area contributed by atoms with Crippen molar-refractivity contribution in [3.63, 3.8) is 0 Å². The van der Waals surface area contributed by atoms with E-state index in [9.17, 15) is 0 Å². The van der Waals surface area contributed by atoms with Crippen molar-refractivity contribution in [2.45, 2.75) is 12.6 Å². The third-order valence-corrected chi connectivity index (χ3v) is 4.25. The lowest BCUT2D eigenvalue weighted by atomic mass is 10.0. The van der Waals surface area contributed by atoms with Crippen LogP contribution in [-0.4, -0.2) is 24.5 Å². The molecule has 0 aromatic heterocycles. The van der Waals surface area contributed by atoms with Gasteiger partial charge in [0.05, 0.1) is 0 Å². The summed E-state index contributed by atoms with van der Waals surface area (Å²) in [6.45, 7) is 4.25. The molecule has 1 saturated heterocycles. The van der Waals surface area contributed by atoms with E-state index in [4.69, 9.17) is 0 Å². The van der Waals surface area contributed by atoms with E-state index in [1.165, 1.54) is 11.1 Å². The topological polar surface area (TPSA) is 15.3 Å². The highest BCUT2D eigenvalue weighted by molar-refractivity contribution is 9.10. The van der Waals surface area contributed by atoms with Gasteiger partial charge in [0.15, 0.2) is 0 Å². The Bertz CT molecular complexity index is 556. The van der Waals surface area contributed by atoms with E-state index in [0.717, 1.165) is 30.7 Å². The zero-order valence-electron chi connectivity index (χ0n) is 11.4. The van der Waals surface area contributed by atoms with Crippen molar-refractivity contribution in [3.8, 4) is 0 Å². The van der Waals surface area contributed by atoms with Crippen LogP contribution >= 0.6 is 15.9 Å². The van der Waals surface area contributed by atoms with E-state index in [1.807, 2.05) is 0 Å². The highest BCUT2D eigenvalue weighted by atomic mass is 79.9. The molecule has 2 aromatic carbocycles. The molecule has 2 nitrogen and oxygen atoms in total. The van der Waals surface area contributed by atoms with Crippen molar-refractivity contribution >= 4 is 15.9 Å². The van der Waals surface area contributed by atoms with Crippen LogP contribution in [0.15, 0.2) is 59.1 Å². The Labute approximate surface area is 128 Å². The third kappa shape index (κ3) is 3.48. The summed E-state index contributed by atoms with van der Waals surface area (Å²) in [6.07, 6.45) is 0. The first kappa shape index (κ1) is 13.8. The summed E-state index contributed by atoms with van der Waals surface area (Å²) < 4.78 is 1.15. The number of benzene rings is 2. The average molecular weight is 331 g/mol. The maximum atomic E-state index is 3.62. The van der Waals surface area contributed by atoms with E-state index in [1.54, 1.807) is 0 Å². The maximum absolute atomic E-state index is 3.62. The predicted octanol–water partition coefficient (Wildman–Crippen LogP) is 3.60. The van der Waals surface area contributed by atoms with Gasteiger partial charge >= 0.3 is 0 Å². The van der Waals surface area contributed by atoms with Crippen LogP contribution in [0, 0.1) is 0 Å². The molecule has 20 heavy (non-hydrogen) atoms. The zero-order valence-corrected chi connectivity index (χ0v) is 13.0. The predicted molar refractivity (Wildman–Crippen MR) is 86.6 cm³/mol. The van der Waals surface area contributed by atoms with Crippen molar-refractivity contribution in [2.75, 3.05) is 19.6 Å². The molecule has 0 bridgehead atoms. The molecule has 1 aliphatic heterocycles. The Morgan fingerprint density at radius 1 is 1.10 bits per heavy atom. The van der Waals surface area contributed by atoms with E-state index in [0.29, 0.717) is 6.04 Å². The lowest BCUT2D eigenvalue weighted by molar-refractivity contribution is 0.193. The Balaban J connectivity index is 1.67. The average Bonchev–Trinajstić information content (AvgIpc) is 2.49. The second-order valence-corrected chi connectivity index (χ2v) is 6.20. The lowest BCUT2D eigenvalue weighted by Crippen LogP contribution is -2.45. The molecule has 1 heterocycles. The van der Waals surface area contributed by atoms with E-state index >= 15 is 0 Å². The van der Waals surface area contributed by atoms with Gasteiger partial charge in [0.1, 0.15) is 0 Å². The van der Waals surface area contributed by atoms with Crippen molar-refractivity contribution in [1.29, 1.82) is 0 Å². The van der Waals surface area contributed by atoms with Crippen LogP contribution in [0.25, 0.3) is 0 Å². The van der Waals surface area contributed by atoms with Gasteiger partial charge in [0.25, 0.3) is 0 Å². The number of hydrogen-bond donors (Lipinski definition) is 1. The van der Waals surface area contributed by atoms with Crippen molar-refractivity contribution < 1.29 is 0 Å². The first-order valence-electron chi connectivity index (χ1n) is 7.06. The molecule has 2 aromatic rings. The van der Waals surface area contributed by atoms with E-state index in [2.05, 4.69) is 80.7 Å². The molecule has 0 aliphatic carbocycles. The molecular weight excluding hydrogens is 312 g/mol. The zero-order chi connectivity index (χ0) is 13.8. The summed E-state index contributed by atoms with van der Waals surface area (Å²) in [4.78, 5) is 2.53. The number of halogens is 1. The molecule has 104 valence electrons. The fourth-order valence-corrected chi connectivity index (χ4v) is 3.16. The Kier molecular flexibility index (Phi) is 4.51. The van der Waals surface area contributed by atoms with Crippen LogP contribution in [-0.2, 0) is 6.54 Å². The minimum absolute atomic E-state index is 0.421. The van der Waals surface area contributed by atoms with Gasteiger partial charge in [-0.1, -0.05) is 58.4 Å². The van der Waals surface area contributed by atoms with Gasteiger partial charge in [-0.05, 0) is 23.3 Å². The smallest absolute Gasteiger partial charge is 0.0450 e. The molecular formula is C17H19BrN2. The third-order valence-electron chi connectivity index (χ3n) is 3.76. The van der Waals surface area contributed by atoms with Crippen LogP contribution in [0.5, 0.6) is 0 Å². The van der Waals surface area contributed by atoms with Gasteiger partial charge < -0.3 is 5.32 Å². The quantitative estimate of drug-likeness (QED) is 0.925. The maximum Gasteiger partial charge on any atom is 0.0450 e. The molecule has 3 heteroatoms. The molecule has 0 saturated carbocycles. The van der Waals surface area contributed by atoms with Crippen molar-refractivity contribution in [3.05, 3.63) is 70.2 Å². The van der Waals surface area contributed by atoms with Crippen LogP contribution in [0.2, 0.25) is 0 Å². The number of piperazine rings is 1. The van der Waals surface area contributed by atoms with Crippen LogP contribution in [0.4, 0.5) is 0 Å². The number of nitrogens with zero attached hydrogens (tertiary/aromatic N) is 1. The molecule has 1 atom stereocenters. The molecule has 0 radical (unpaired) electrons. The molecule has 3 rings (SSSR count). The summed E-state index contributed by atoms with van der Waals surface area (Å²) in [7, 11) is 0. The second kappa shape index (κ2) is 6.53. The van der Waals surface area contributed by atoms with Crippen molar-refractivity contribution in [2.24, 2.45) is 0 Å². The SMILES string of the molecule is Brc1cccc([C@@H]2CN(Cc3ccccc3)CCN2)c1. The highest BCUT2D eigenvalue weighted by Crippen LogP contribution is 2.21. The van der Waals surface area contributed by atoms with Crippen molar-refractivity contribution in [1.82, 2.24) is 10.2 Å². The highest BCUT2D eigenvalue weighted by Gasteiger charge is 2.20. The summed E-state index contributed by atoms with van der Waals surface area (Å²) in [5.74, 6) is 0. The fourth-order valence-electron chi connectivity index (χ4n) is 2.74. The van der Waals surface area contributed by atoms with Gasteiger partial charge in [-0.3, -0.25) is 4.90 Å². The van der Waals surface area contributed by atoms with Gasteiger partial charge in [0, 0.05) is 36.7 Å². The first-order valence-corrected chi connectivity index (χ1v) is 7.86. The minimum Gasteiger partial charge on any atom is -0.308 e. The summed E-state index contributed by atoms with van der Waals surface area (Å²) >= 11 is 3.56. The van der Waals surface area contributed by atoms with Gasteiger partial charge in [-0.2, -0.15) is 0 Å². The Hall–Kier alpha value is -1.16. The minimum atomic E-state index is 0.421. The van der Waals surface area contributed by atoms with Crippen LogP contribution in [0.1, 0.15) is 17.2 Å². The number of nitrogens with one attached hydrogen (secondary N) is 1. The summed E-state index contributed by atoms with van der Waals surface area (Å²) in [5.41, 5.74) is 2.75. The lowest BCUT2D eigenvalue weighted by Gasteiger charge is -2.34. The summed E-state index contributed by atoms with van der Waals surface area (Å²) in [5, 5.41) is 3.62. The van der Waals surface area contributed by atoms with Crippen LogP contribution < -0.4 is 5.32 Å². The summed E-state index contributed by atoms with van der Waals surface area (Å²) in [6, 6.07) is 19.7. The number of hydrogen-bond acceptors (Lipinski definition) is 2. The van der Waals surface area contributed by atoms with E-state index < -0.39 is 0 Å². The van der Waals surface area contributed by atoms with E-state index in [-0.39, 0.29) is 0 Å². The molecule has 1 aliphatic rings. The van der Waals surface area contributed by atoms with Crippen LogP contribution in [0.3, 0.4) is 0 Å². The molecule has 0 spiro atoms. The molecule has 0 unspecified atom stereocenters. The van der Waals surface area contributed by atoms with Gasteiger partial charge in [0.2, 0.25) is 0 Å². The monoisotopic (exact) mass is 330 g/mol. The van der Waals surface area contributed by atoms with Gasteiger partial charge in [-0.25, -0.2) is 0 Å². The first-order chi connectivity index (χ1) is 9.81. The second-order valence-electron chi connectivity index (χ2n) is 5.28. The largest absolute Gasteiger partial charge is 0.308 e. The number of rotatable bonds is 3. The molecule has 0 amide bonds. The molecule has 1 fully saturated rings.